The van der Waals surface area contributed by atoms with Gasteiger partial charge in [-0.1, -0.05) is 0 Å². The highest BCUT2D eigenvalue weighted by molar-refractivity contribution is 7.17. The minimum Gasteiger partial charge on any atom is -0.294 e. The lowest BCUT2D eigenvalue weighted by Crippen LogP contribution is -2.07. The summed E-state index contributed by atoms with van der Waals surface area (Å²) >= 11 is 0.715. The zero-order valence-corrected chi connectivity index (χ0v) is 10.7. The normalized spacial score (nSPS) is 11.6. The minimum absolute atomic E-state index is 0.0794. The van der Waals surface area contributed by atoms with E-state index < -0.39 is 28.3 Å². The molecule has 0 saturated heterocycles. The predicted octanol–water partition coefficient (Wildman–Crippen LogP) is 3.06. The van der Waals surface area contributed by atoms with E-state index >= 15 is 0 Å². The molecule has 2 heterocycles. The third-order valence-electron chi connectivity index (χ3n) is 2.32. The molecule has 0 radical (unpaired) electrons. The smallest absolute Gasteiger partial charge is 0.294 e. The van der Waals surface area contributed by atoms with Crippen LogP contribution in [0.5, 0.6) is 0 Å². The van der Waals surface area contributed by atoms with Crippen LogP contribution in [0.3, 0.4) is 0 Å². The van der Waals surface area contributed by atoms with Gasteiger partial charge in [-0.25, -0.2) is 4.68 Å². The van der Waals surface area contributed by atoms with Crippen molar-refractivity contribution in [3.05, 3.63) is 39.0 Å². The Bertz CT molecular complexity index is 689. The molecular weight excluding hydrogens is 299 g/mol. The van der Waals surface area contributed by atoms with Crippen LogP contribution in [0, 0.1) is 10.1 Å². The lowest BCUT2D eigenvalue weighted by Gasteiger charge is -2.00. The van der Waals surface area contributed by atoms with Gasteiger partial charge in [0, 0.05) is 12.3 Å². The van der Waals surface area contributed by atoms with E-state index in [9.17, 15) is 28.1 Å². The molecule has 2 rings (SSSR count). The number of alkyl halides is 3. The van der Waals surface area contributed by atoms with E-state index in [4.69, 9.17) is 0 Å². The van der Waals surface area contributed by atoms with Crippen LogP contribution in [-0.2, 0) is 6.18 Å². The maximum Gasteiger partial charge on any atom is 0.435 e. The molecule has 0 saturated carbocycles. The summed E-state index contributed by atoms with van der Waals surface area (Å²) in [5, 5.41) is 14.0. The summed E-state index contributed by atoms with van der Waals surface area (Å²) in [5.74, 6) is -0.410. The van der Waals surface area contributed by atoms with Gasteiger partial charge in [0.25, 0.3) is 0 Å². The highest BCUT2D eigenvalue weighted by Crippen LogP contribution is 2.34. The van der Waals surface area contributed by atoms with Crippen LogP contribution < -0.4 is 0 Å². The Morgan fingerprint density at radius 3 is 2.60 bits per heavy atom. The Morgan fingerprint density at radius 1 is 1.50 bits per heavy atom. The number of ketones is 1. The molecule has 0 amide bonds. The average Bonchev–Trinajstić information content (AvgIpc) is 2.94. The van der Waals surface area contributed by atoms with Crippen molar-refractivity contribution >= 4 is 22.8 Å². The molecular formula is C10H6F3N3O3S. The SMILES string of the molecule is CC(=O)c1cc([N+](=O)[O-])c(-n2ccc(C(F)(F)F)n2)s1. The fraction of sp³-hybridized carbons (Fsp3) is 0.200. The lowest BCUT2D eigenvalue weighted by atomic mass is 10.3. The quantitative estimate of drug-likeness (QED) is 0.496. The molecule has 6 nitrogen and oxygen atoms in total. The van der Waals surface area contributed by atoms with Crippen LogP contribution in [0.1, 0.15) is 22.3 Å². The largest absolute Gasteiger partial charge is 0.435 e. The van der Waals surface area contributed by atoms with Gasteiger partial charge in [-0.3, -0.25) is 14.9 Å². The molecule has 20 heavy (non-hydrogen) atoms. The van der Waals surface area contributed by atoms with E-state index in [-0.39, 0.29) is 9.88 Å². The number of Topliss-reactive ketones (excluding diaryl/α,β-unsaturated/α-hetero) is 1. The number of hydrogen-bond acceptors (Lipinski definition) is 5. The van der Waals surface area contributed by atoms with E-state index in [2.05, 4.69) is 5.10 Å². The third-order valence-corrected chi connectivity index (χ3v) is 3.54. The Morgan fingerprint density at radius 2 is 2.15 bits per heavy atom. The molecule has 0 aliphatic rings. The fourth-order valence-corrected chi connectivity index (χ4v) is 2.38. The Balaban J connectivity index is 2.54. The molecule has 0 aliphatic carbocycles. The van der Waals surface area contributed by atoms with Crippen LogP contribution in [0.4, 0.5) is 18.9 Å². The van der Waals surface area contributed by atoms with E-state index in [0.717, 1.165) is 16.9 Å². The van der Waals surface area contributed by atoms with Gasteiger partial charge in [-0.2, -0.15) is 18.3 Å². The van der Waals surface area contributed by atoms with E-state index in [1.54, 1.807) is 0 Å². The van der Waals surface area contributed by atoms with Gasteiger partial charge < -0.3 is 0 Å². The first-order valence-electron chi connectivity index (χ1n) is 5.12. The standard InChI is InChI=1S/C10H6F3N3O3S/c1-5(17)7-4-6(16(18)19)9(20-7)15-3-2-8(14-15)10(11,12)13/h2-4H,1H3. The summed E-state index contributed by atoms with van der Waals surface area (Å²) in [6, 6.07) is 1.73. The number of carbonyl (C=O) groups excluding carboxylic acids is 1. The third kappa shape index (κ3) is 2.54. The van der Waals surface area contributed by atoms with E-state index in [0.29, 0.717) is 17.4 Å². The molecule has 0 spiro atoms. The van der Waals surface area contributed by atoms with Crippen molar-refractivity contribution in [3.63, 3.8) is 0 Å². The first-order chi connectivity index (χ1) is 9.20. The van der Waals surface area contributed by atoms with E-state index in [1.807, 2.05) is 0 Å². The van der Waals surface area contributed by atoms with Crippen LogP contribution in [0.25, 0.3) is 5.00 Å². The number of halogens is 3. The van der Waals surface area contributed by atoms with Crippen molar-refractivity contribution in [1.29, 1.82) is 0 Å². The monoisotopic (exact) mass is 305 g/mol. The fourth-order valence-electron chi connectivity index (χ4n) is 1.43. The molecule has 0 aliphatic heterocycles. The van der Waals surface area contributed by atoms with Crippen LogP contribution in [0.15, 0.2) is 18.3 Å². The van der Waals surface area contributed by atoms with Gasteiger partial charge in [-0.15, -0.1) is 11.3 Å². The molecule has 0 unspecified atom stereocenters. The van der Waals surface area contributed by atoms with Crippen molar-refractivity contribution in [1.82, 2.24) is 9.78 Å². The minimum atomic E-state index is -4.64. The van der Waals surface area contributed by atoms with Gasteiger partial charge in [0.05, 0.1) is 9.80 Å². The molecule has 0 bridgehead atoms. The summed E-state index contributed by atoms with van der Waals surface area (Å²) in [7, 11) is 0. The molecule has 0 N–H and O–H groups in total. The Kier molecular flexibility index (Phi) is 3.34. The van der Waals surface area contributed by atoms with Crippen LogP contribution in [-0.4, -0.2) is 20.5 Å². The maximum atomic E-state index is 12.4. The first-order valence-corrected chi connectivity index (χ1v) is 5.94. The molecule has 10 heteroatoms. The number of rotatable bonds is 3. The van der Waals surface area contributed by atoms with Crippen molar-refractivity contribution < 1.29 is 22.9 Å². The zero-order valence-electron chi connectivity index (χ0n) is 9.84. The van der Waals surface area contributed by atoms with Crippen molar-refractivity contribution in [3.8, 4) is 5.00 Å². The highest BCUT2D eigenvalue weighted by Gasteiger charge is 2.34. The lowest BCUT2D eigenvalue weighted by molar-refractivity contribution is -0.384. The Hall–Kier alpha value is -2.23. The Labute approximate surface area is 113 Å². The molecule has 0 fully saturated rings. The topological polar surface area (TPSA) is 78.0 Å². The first kappa shape index (κ1) is 14.2. The number of carbonyl (C=O) groups is 1. The molecule has 2 aromatic rings. The second-order valence-electron chi connectivity index (χ2n) is 3.76. The zero-order chi connectivity index (χ0) is 15.1. The number of nitrogens with zero attached hydrogens (tertiary/aromatic N) is 3. The second kappa shape index (κ2) is 4.71. The van der Waals surface area contributed by atoms with Gasteiger partial charge >= 0.3 is 11.9 Å². The van der Waals surface area contributed by atoms with Crippen LogP contribution >= 0.6 is 11.3 Å². The van der Waals surface area contributed by atoms with Gasteiger partial charge in [0.1, 0.15) is 0 Å². The number of aromatic nitrogens is 2. The van der Waals surface area contributed by atoms with Crippen molar-refractivity contribution in [2.24, 2.45) is 0 Å². The van der Waals surface area contributed by atoms with E-state index in [1.165, 1.54) is 6.92 Å². The van der Waals surface area contributed by atoms with Gasteiger partial charge in [0.2, 0.25) is 0 Å². The molecule has 106 valence electrons. The van der Waals surface area contributed by atoms with Crippen LogP contribution in [0.2, 0.25) is 0 Å². The number of hydrogen-bond donors (Lipinski definition) is 0. The molecule has 2 aromatic heterocycles. The predicted molar refractivity (Wildman–Crippen MR) is 63.1 cm³/mol. The summed E-state index contributed by atoms with van der Waals surface area (Å²) < 4.78 is 38.1. The van der Waals surface area contributed by atoms with Crippen molar-refractivity contribution in [2.75, 3.05) is 0 Å². The average molecular weight is 305 g/mol. The second-order valence-corrected chi connectivity index (χ2v) is 4.79. The number of nitro groups is 1. The maximum absolute atomic E-state index is 12.4. The molecule has 0 aromatic carbocycles. The number of thiophene rings is 1. The van der Waals surface area contributed by atoms with Gasteiger partial charge in [0.15, 0.2) is 16.5 Å². The summed E-state index contributed by atoms with van der Waals surface area (Å²) in [5.41, 5.74) is -1.62. The van der Waals surface area contributed by atoms with Crippen molar-refractivity contribution in [2.45, 2.75) is 13.1 Å². The summed E-state index contributed by atoms with van der Waals surface area (Å²) in [4.78, 5) is 21.4. The summed E-state index contributed by atoms with van der Waals surface area (Å²) in [6.07, 6.45) is -3.67. The summed E-state index contributed by atoms with van der Waals surface area (Å²) in [6.45, 7) is 1.21. The highest BCUT2D eigenvalue weighted by atomic mass is 32.1. The molecule has 0 atom stereocenters. The van der Waals surface area contributed by atoms with Gasteiger partial charge in [-0.05, 0) is 13.0 Å².